The summed E-state index contributed by atoms with van der Waals surface area (Å²) in [5.74, 6) is -1.11. The maximum absolute atomic E-state index is 12.6. The number of nitrogens with one attached hydrogen (secondary N) is 1. The maximum Gasteiger partial charge on any atom is 0.416 e. The van der Waals surface area contributed by atoms with Crippen molar-refractivity contribution in [1.29, 1.82) is 0 Å². The van der Waals surface area contributed by atoms with E-state index in [1.54, 1.807) is 25.1 Å². The van der Waals surface area contributed by atoms with Crippen LogP contribution in [0.25, 0.3) is 5.57 Å². The Kier molecular flexibility index (Phi) is 5.82. The van der Waals surface area contributed by atoms with Crippen LogP contribution in [0.3, 0.4) is 0 Å². The number of hydrogen-bond donors (Lipinski definition) is 1. The summed E-state index contributed by atoms with van der Waals surface area (Å²) >= 11 is 0. The molecule has 4 nitrogen and oxygen atoms in total. The third kappa shape index (κ3) is 4.72. The maximum atomic E-state index is 12.6. The van der Waals surface area contributed by atoms with Crippen LogP contribution in [0, 0.1) is 0 Å². The number of alkyl halides is 3. The SMILES string of the molecule is COC(=O)c1ccccc1NC(=O)/C=C(/C)c1ccc(C(F)(F)F)cc1. The van der Waals surface area contributed by atoms with Gasteiger partial charge in [-0.1, -0.05) is 24.3 Å². The summed E-state index contributed by atoms with van der Waals surface area (Å²) in [5, 5.41) is 2.57. The van der Waals surface area contributed by atoms with Crippen molar-refractivity contribution in [3.05, 3.63) is 71.3 Å². The standard InChI is InChI=1S/C19H16F3NO3/c1-12(13-7-9-14(10-8-13)19(20,21)22)11-17(24)23-16-6-4-3-5-15(16)18(25)26-2/h3-11H,1-2H3,(H,23,24)/b12-11-. The topological polar surface area (TPSA) is 55.4 Å². The zero-order valence-corrected chi connectivity index (χ0v) is 14.1. The van der Waals surface area contributed by atoms with E-state index < -0.39 is 23.6 Å². The number of halogens is 3. The van der Waals surface area contributed by atoms with Gasteiger partial charge in [-0.2, -0.15) is 13.2 Å². The normalized spacial score (nSPS) is 11.8. The van der Waals surface area contributed by atoms with Gasteiger partial charge in [-0.25, -0.2) is 4.79 Å². The van der Waals surface area contributed by atoms with Crippen molar-refractivity contribution < 1.29 is 27.5 Å². The summed E-state index contributed by atoms with van der Waals surface area (Å²) in [4.78, 5) is 23.9. The lowest BCUT2D eigenvalue weighted by Gasteiger charge is -2.09. The first-order valence-corrected chi connectivity index (χ1v) is 7.56. The largest absolute Gasteiger partial charge is 0.465 e. The summed E-state index contributed by atoms with van der Waals surface area (Å²) < 4.78 is 42.4. The molecule has 1 N–H and O–H groups in total. The second-order valence-corrected chi connectivity index (χ2v) is 5.43. The number of anilines is 1. The third-order valence-electron chi connectivity index (χ3n) is 3.61. The highest BCUT2D eigenvalue weighted by molar-refractivity contribution is 6.07. The van der Waals surface area contributed by atoms with Crippen molar-refractivity contribution in [1.82, 2.24) is 0 Å². The van der Waals surface area contributed by atoms with Gasteiger partial charge in [0, 0.05) is 6.08 Å². The quantitative estimate of drug-likeness (QED) is 0.641. The first-order valence-electron chi connectivity index (χ1n) is 7.56. The van der Waals surface area contributed by atoms with E-state index in [2.05, 4.69) is 10.1 Å². The predicted octanol–water partition coefficient (Wildman–Crippen LogP) is 4.53. The average molecular weight is 363 g/mol. The molecule has 0 aromatic heterocycles. The number of hydrogen-bond acceptors (Lipinski definition) is 3. The van der Waals surface area contributed by atoms with E-state index in [9.17, 15) is 22.8 Å². The Morgan fingerprint density at radius 3 is 2.23 bits per heavy atom. The number of para-hydroxylation sites is 1. The highest BCUT2D eigenvalue weighted by atomic mass is 19.4. The van der Waals surface area contributed by atoms with Crippen molar-refractivity contribution in [2.24, 2.45) is 0 Å². The van der Waals surface area contributed by atoms with Crippen LogP contribution in [0.4, 0.5) is 18.9 Å². The molecule has 0 heterocycles. The number of allylic oxidation sites excluding steroid dienone is 1. The minimum atomic E-state index is -4.41. The van der Waals surface area contributed by atoms with Gasteiger partial charge in [-0.05, 0) is 42.3 Å². The Morgan fingerprint density at radius 1 is 1.04 bits per heavy atom. The van der Waals surface area contributed by atoms with Gasteiger partial charge in [0.2, 0.25) is 5.91 Å². The molecule has 0 radical (unpaired) electrons. The predicted molar refractivity (Wildman–Crippen MR) is 91.5 cm³/mol. The van der Waals surface area contributed by atoms with Gasteiger partial charge in [0.1, 0.15) is 0 Å². The molecule has 0 aliphatic carbocycles. The van der Waals surface area contributed by atoms with Crippen molar-refractivity contribution in [3.63, 3.8) is 0 Å². The van der Waals surface area contributed by atoms with Gasteiger partial charge in [-0.15, -0.1) is 0 Å². The highest BCUT2D eigenvalue weighted by Gasteiger charge is 2.29. The molecule has 0 spiro atoms. The summed E-state index contributed by atoms with van der Waals surface area (Å²) in [6.07, 6.45) is -3.16. The smallest absolute Gasteiger partial charge is 0.416 e. The van der Waals surface area contributed by atoms with Crippen molar-refractivity contribution in [2.45, 2.75) is 13.1 Å². The van der Waals surface area contributed by atoms with Crippen LogP contribution < -0.4 is 5.32 Å². The van der Waals surface area contributed by atoms with Crippen molar-refractivity contribution in [3.8, 4) is 0 Å². The number of rotatable bonds is 4. The van der Waals surface area contributed by atoms with Crippen LogP contribution in [0.15, 0.2) is 54.6 Å². The highest BCUT2D eigenvalue weighted by Crippen LogP contribution is 2.30. The van der Waals surface area contributed by atoms with Gasteiger partial charge in [-0.3, -0.25) is 4.79 Å². The zero-order chi connectivity index (χ0) is 19.3. The number of carbonyl (C=O) groups excluding carboxylic acids is 2. The van der Waals surface area contributed by atoms with E-state index in [0.717, 1.165) is 12.1 Å². The van der Waals surface area contributed by atoms with Crippen LogP contribution in [0.1, 0.15) is 28.4 Å². The molecule has 2 rings (SSSR count). The molecule has 0 atom stereocenters. The Morgan fingerprint density at radius 2 is 1.65 bits per heavy atom. The second-order valence-electron chi connectivity index (χ2n) is 5.43. The Balaban J connectivity index is 2.17. The van der Waals surface area contributed by atoms with Crippen LogP contribution in [-0.2, 0) is 15.7 Å². The van der Waals surface area contributed by atoms with Gasteiger partial charge in [0.05, 0.1) is 23.9 Å². The Labute approximate surface area is 148 Å². The fraction of sp³-hybridized carbons (Fsp3) is 0.158. The molecule has 0 saturated heterocycles. The third-order valence-corrected chi connectivity index (χ3v) is 3.61. The molecule has 0 fully saturated rings. The molecule has 0 bridgehead atoms. The number of ether oxygens (including phenoxy) is 1. The lowest BCUT2D eigenvalue weighted by atomic mass is 10.0. The first kappa shape index (κ1) is 19.2. The van der Waals surface area contributed by atoms with E-state index in [1.165, 1.54) is 31.4 Å². The molecule has 136 valence electrons. The molecule has 0 saturated carbocycles. The fourth-order valence-corrected chi connectivity index (χ4v) is 2.25. The molecular weight excluding hydrogens is 347 g/mol. The Bertz CT molecular complexity index is 840. The molecule has 2 aromatic rings. The van der Waals surface area contributed by atoms with Gasteiger partial charge >= 0.3 is 12.1 Å². The van der Waals surface area contributed by atoms with Crippen LogP contribution in [0.5, 0.6) is 0 Å². The van der Waals surface area contributed by atoms with E-state index in [-0.39, 0.29) is 11.3 Å². The van der Waals surface area contributed by atoms with Crippen molar-refractivity contribution in [2.75, 3.05) is 12.4 Å². The van der Waals surface area contributed by atoms with Crippen LogP contribution >= 0.6 is 0 Å². The van der Waals surface area contributed by atoms with E-state index in [1.807, 2.05) is 0 Å². The number of esters is 1. The molecule has 0 aliphatic rings. The van der Waals surface area contributed by atoms with Gasteiger partial charge < -0.3 is 10.1 Å². The minimum Gasteiger partial charge on any atom is -0.465 e. The molecule has 0 aliphatic heterocycles. The minimum absolute atomic E-state index is 0.198. The summed E-state index contributed by atoms with van der Waals surface area (Å²) in [5.41, 5.74) is 0.677. The molecule has 0 unspecified atom stereocenters. The fourth-order valence-electron chi connectivity index (χ4n) is 2.25. The zero-order valence-electron chi connectivity index (χ0n) is 14.1. The summed E-state index contributed by atoms with van der Waals surface area (Å²) in [6, 6.07) is 10.8. The van der Waals surface area contributed by atoms with E-state index in [0.29, 0.717) is 11.1 Å². The number of carbonyl (C=O) groups is 2. The van der Waals surface area contributed by atoms with Crippen molar-refractivity contribution >= 4 is 23.1 Å². The van der Waals surface area contributed by atoms with Crippen LogP contribution in [-0.4, -0.2) is 19.0 Å². The van der Waals surface area contributed by atoms with Gasteiger partial charge in [0.25, 0.3) is 0 Å². The molecule has 2 aromatic carbocycles. The van der Waals surface area contributed by atoms with E-state index >= 15 is 0 Å². The number of methoxy groups -OCH3 is 1. The lowest BCUT2D eigenvalue weighted by molar-refractivity contribution is -0.137. The Hall–Kier alpha value is -3.09. The monoisotopic (exact) mass is 363 g/mol. The molecule has 26 heavy (non-hydrogen) atoms. The van der Waals surface area contributed by atoms with E-state index in [4.69, 9.17) is 0 Å². The number of benzene rings is 2. The van der Waals surface area contributed by atoms with Crippen LogP contribution in [0.2, 0.25) is 0 Å². The van der Waals surface area contributed by atoms with Gasteiger partial charge in [0.15, 0.2) is 0 Å². The molecule has 7 heteroatoms. The number of amides is 1. The summed E-state index contributed by atoms with van der Waals surface area (Å²) in [7, 11) is 1.23. The summed E-state index contributed by atoms with van der Waals surface area (Å²) in [6.45, 7) is 1.61. The first-order chi connectivity index (χ1) is 12.2. The average Bonchev–Trinajstić information content (AvgIpc) is 2.60. The second kappa shape index (κ2) is 7.86. The molecular formula is C19H16F3NO3. The lowest BCUT2D eigenvalue weighted by Crippen LogP contribution is -2.13. The molecule has 1 amide bonds.